The van der Waals surface area contributed by atoms with Crippen molar-refractivity contribution in [1.82, 2.24) is 4.98 Å². The molecule has 300 valence electrons. The number of hydrogen-bond acceptors (Lipinski definition) is 6. The summed E-state index contributed by atoms with van der Waals surface area (Å²) in [5.41, 5.74) is 30.4. The van der Waals surface area contributed by atoms with E-state index < -0.39 is 5.41 Å². The van der Waals surface area contributed by atoms with Crippen molar-refractivity contribution >= 4 is 22.9 Å². The Kier molecular flexibility index (Phi) is 11.3. The van der Waals surface area contributed by atoms with Crippen LogP contribution in [-0.4, -0.2) is 11.2 Å². The Balaban J connectivity index is 1.29. The smallest absolute Gasteiger partial charge is 0.101 e. The highest BCUT2D eigenvalue weighted by Gasteiger charge is 2.55. The highest BCUT2D eigenvalue weighted by atomic mass is 14.7. The highest BCUT2D eigenvalue weighted by Crippen LogP contribution is 2.67. The largest absolute Gasteiger partial charge is 0.404 e. The molecule has 0 saturated carbocycles. The summed E-state index contributed by atoms with van der Waals surface area (Å²) in [6, 6.07) is 45.4. The second kappa shape index (κ2) is 17.3. The molecule has 0 radical (unpaired) electrons. The molecule has 5 N–H and O–H groups in total. The van der Waals surface area contributed by atoms with Crippen LogP contribution in [0.5, 0.6) is 0 Å². The van der Waals surface area contributed by atoms with E-state index in [1.807, 2.05) is 37.3 Å². The first-order chi connectivity index (χ1) is 30.3. The van der Waals surface area contributed by atoms with Crippen LogP contribution >= 0.6 is 0 Å². The molecule has 3 aliphatic rings. The Morgan fingerprint density at radius 3 is 2.13 bits per heavy atom. The summed E-state index contributed by atoms with van der Waals surface area (Å²) in [5, 5.41) is 26.2. The fraction of sp³-hybridized carbons (Fsp3) is 0.107. The number of nitriles is 2. The lowest BCUT2D eigenvalue weighted by atomic mass is 9.64. The molecule has 1 unspecified atom stereocenters. The van der Waals surface area contributed by atoms with Gasteiger partial charge < -0.3 is 16.9 Å². The molecular formula is C56H46N6. The minimum atomic E-state index is -0.570. The summed E-state index contributed by atoms with van der Waals surface area (Å²) in [7, 11) is 0. The molecular weight excluding hydrogens is 757 g/mol. The van der Waals surface area contributed by atoms with Gasteiger partial charge in [0.1, 0.15) is 12.1 Å². The van der Waals surface area contributed by atoms with Crippen molar-refractivity contribution in [3.8, 4) is 23.3 Å². The maximum Gasteiger partial charge on any atom is 0.101 e. The van der Waals surface area contributed by atoms with Crippen LogP contribution in [0, 0.1) is 28.1 Å². The van der Waals surface area contributed by atoms with Crippen LogP contribution < -0.4 is 11.5 Å². The fourth-order valence-corrected chi connectivity index (χ4v) is 9.64. The zero-order valence-electron chi connectivity index (χ0n) is 34.7. The Labute approximate surface area is 364 Å². The van der Waals surface area contributed by atoms with E-state index in [1.54, 1.807) is 6.08 Å². The van der Waals surface area contributed by atoms with Gasteiger partial charge in [-0.2, -0.15) is 10.5 Å². The number of fused-ring (bicyclic) bond motifs is 8. The molecule has 0 saturated heterocycles. The summed E-state index contributed by atoms with van der Waals surface area (Å²) >= 11 is 0. The number of hydrogen-bond donors (Lipinski definition) is 3. The predicted molar refractivity (Wildman–Crippen MR) is 253 cm³/mol. The molecule has 1 aromatic heterocycles. The van der Waals surface area contributed by atoms with Gasteiger partial charge in [0.15, 0.2) is 0 Å². The van der Waals surface area contributed by atoms with Gasteiger partial charge in [0.2, 0.25) is 0 Å². The average molecular weight is 803 g/mol. The lowest BCUT2D eigenvalue weighted by Crippen LogP contribution is -2.30. The van der Waals surface area contributed by atoms with E-state index in [-0.39, 0.29) is 11.5 Å². The van der Waals surface area contributed by atoms with Crippen molar-refractivity contribution in [2.45, 2.75) is 37.5 Å². The zero-order valence-corrected chi connectivity index (χ0v) is 34.7. The normalized spacial score (nSPS) is 16.7. The van der Waals surface area contributed by atoms with Crippen molar-refractivity contribution in [1.29, 1.82) is 15.9 Å². The number of nitrogens with zero attached hydrogens (tertiary/aromatic N) is 3. The summed E-state index contributed by atoms with van der Waals surface area (Å²) in [6.45, 7) is 10.6. The Hall–Kier alpha value is -8.06. The van der Waals surface area contributed by atoms with Gasteiger partial charge in [-0.25, -0.2) is 0 Å². The molecule has 6 heteroatoms. The Morgan fingerprint density at radius 1 is 0.823 bits per heavy atom. The van der Waals surface area contributed by atoms with Gasteiger partial charge in [0.05, 0.1) is 22.3 Å². The minimum absolute atomic E-state index is 0.165. The van der Waals surface area contributed by atoms with Crippen LogP contribution in [0.2, 0.25) is 0 Å². The second-order valence-electron chi connectivity index (χ2n) is 15.8. The molecule has 0 aliphatic heterocycles. The van der Waals surface area contributed by atoms with Crippen LogP contribution in [0.4, 0.5) is 0 Å². The van der Waals surface area contributed by atoms with Crippen molar-refractivity contribution in [2.75, 3.05) is 0 Å². The molecule has 3 aliphatic carbocycles. The molecule has 0 bridgehead atoms. The average Bonchev–Trinajstić information content (AvgIpc) is 3.78. The SMILES string of the molecule is C=CC1=C(c2ccccc2Cc2cccc(/C(C)=C/C(C#N)=C\N)n2)C2=C(CC(C/C=C\C=C(/N)C(=C)/C=C(/C#N)C=N)c3ccccc32)C12c1ccccc1-c1ccccc12. The van der Waals surface area contributed by atoms with E-state index in [4.69, 9.17) is 21.9 Å². The van der Waals surface area contributed by atoms with Crippen molar-refractivity contribution in [3.63, 3.8) is 0 Å². The summed E-state index contributed by atoms with van der Waals surface area (Å²) in [5.74, 6) is 0.165. The summed E-state index contributed by atoms with van der Waals surface area (Å²) in [6.07, 6.45) is 15.8. The first-order valence-electron chi connectivity index (χ1n) is 20.7. The third-order valence-electron chi connectivity index (χ3n) is 12.3. The minimum Gasteiger partial charge on any atom is -0.404 e. The van der Waals surface area contributed by atoms with E-state index in [1.165, 1.54) is 67.9 Å². The molecule has 4 aromatic carbocycles. The number of nitrogens with two attached hydrogens (primary N) is 2. The predicted octanol–water partition coefficient (Wildman–Crippen LogP) is 11.7. The Bertz CT molecular complexity index is 2960. The van der Waals surface area contributed by atoms with Gasteiger partial charge in [0.25, 0.3) is 0 Å². The number of benzene rings is 4. The monoisotopic (exact) mass is 802 g/mol. The summed E-state index contributed by atoms with van der Waals surface area (Å²) < 4.78 is 0. The van der Waals surface area contributed by atoms with Crippen LogP contribution in [0.25, 0.3) is 27.8 Å². The topological polar surface area (TPSA) is 136 Å². The van der Waals surface area contributed by atoms with Gasteiger partial charge in [0, 0.05) is 30.2 Å². The van der Waals surface area contributed by atoms with Crippen LogP contribution in [0.3, 0.4) is 0 Å². The van der Waals surface area contributed by atoms with Crippen LogP contribution in [-0.2, 0) is 11.8 Å². The van der Waals surface area contributed by atoms with E-state index in [0.29, 0.717) is 23.3 Å². The van der Waals surface area contributed by atoms with Gasteiger partial charge in [-0.1, -0.05) is 135 Å². The third kappa shape index (κ3) is 6.98. The highest BCUT2D eigenvalue weighted by molar-refractivity contribution is 6.16. The molecule has 1 spiro atoms. The van der Waals surface area contributed by atoms with Crippen molar-refractivity contribution in [2.24, 2.45) is 11.5 Å². The van der Waals surface area contributed by atoms with Crippen LogP contribution in [0.15, 0.2) is 205 Å². The fourth-order valence-electron chi connectivity index (χ4n) is 9.64. The Morgan fingerprint density at radius 2 is 1.47 bits per heavy atom. The number of aromatic nitrogens is 1. The lowest BCUT2D eigenvalue weighted by molar-refractivity contribution is 0.615. The van der Waals surface area contributed by atoms with E-state index in [9.17, 15) is 10.5 Å². The molecule has 6 nitrogen and oxygen atoms in total. The molecule has 8 rings (SSSR count). The number of pyridine rings is 1. The molecule has 0 fully saturated rings. The maximum absolute atomic E-state index is 9.50. The first-order valence-corrected chi connectivity index (χ1v) is 20.7. The quantitative estimate of drug-likeness (QED) is 0.0655. The second-order valence-corrected chi connectivity index (χ2v) is 15.8. The van der Waals surface area contributed by atoms with Crippen molar-refractivity contribution in [3.05, 3.63) is 249 Å². The molecule has 1 atom stereocenters. The number of rotatable bonds is 12. The molecule has 0 amide bonds. The molecule has 1 heterocycles. The lowest BCUT2D eigenvalue weighted by Gasteiger charge is -2.37. The van der Waals surface area contributed by atoms with Gasteiger partial charge in [-0.15, -0.1) is 0 Å². The van der Waals surface area contributed by atoms with E-state index in [0.717, 1.165) is 47.1 Å². The van der Waals surface area contributed by atoms with Gasteiger partial charge in [-0.05, 0) is 134 Å². The van der Waals surface area contributed by atoms with E-state index >= 15 is 0 Å². The van der Waals surface area contributed by atoms with Gasteiger partial charge in [-0.3, -0.25) is 4.98 Å². The van der Waals surface area contributed by atoms with Crippen molar-refractivity contribution < 1.29 is 0 Å². The molecule has 62 heavy (non-hydrogen) atoms. The maximum atomic E-state index is 9.50. The van der Waals surface area contributed by atoms with Crippen LogP contribution in [0.1, 0.15) is 70.5 Å². The number of allylic oxidation sites excluding steroid dienone is 13. The first kappa shape index (κ1) is 40.7. The third-order valence-corrected chi connectivity index (χ3v) is 12.3. The molecule has 5 aromatic rings. The van der Waals surface area contributed by atoms with Gasteiger partial charge >= 0.3 is 0 Å². The van der Waals surface area contributed by atoms with E-state index in [2.05, 4.69) is 135 Å². The number of nitrogens with one attached hydrogen (secondary N) is 1. The standard InChI is InChI=1S/C56H46N6/c1-4-48-54(44-20-7-5-16-40(44)30-42-18-15-27-53(62-42)37(3)29-39(34-59)35-60)55-47-23-9-8-19-43(47)41(17-6-14-26-52(61)36(2)28-38(32-57)33-58)31-51(55)56(48)49-24-12-10-21-45(49)46-22-11-13-25-50(46)56/h4-16,18-29,32,34,41,57H,1-2,17,30-31,59,61H2,3H3/b14-6-,37-29+,38-28+,39-34+,52-26-,57-32?. The summed E-state index contributed by atoms with van der Waals surface area (Å²) in [4.78, 5) is 5.09. The zero-order chi connectivity index (χ0) is 43.4.